The van der Waals surface area contributed by atoms with Crippen LogP contribution in [0.5, 0.6) is 0 Å². The van der Waals surface area contributed by atoms with Gasteiger partial charge in [0.1, 0.15) is 0 Å². The number of rotatable bonds is 8. The van der Waals surface area contributed by atoms with Crippen LogP contribution in [0.4, 0.5) is 0 Å². The van der Waals surface area contributed by atoms with Crippen molar-refractivity contribution < 1.29 is 9.90 Å². The lowest BCUT2D eigenvalue weighted by atomic mass is 10.2. The number of hydrogen-bond acceptors (Lipinski definition) is 2. The highest BCUT2D eigenvalue weighted by Crippen LogP contribution is 2.07. The molecule has 0 atom stereocenters. The van der Waals surface area contributed by atoms with Crippen molar-refractivity contribution in [3.8, 4) is 0 Å². The Balaban J connectivity index is 3.94. The Kier molecular flexibility index (Phi) is 7.05. The zero-order valence-electron chi connectivity index (χ0n) is 10.1. The molecular formula is C12H23NO2. The molecule has 0 aliphatic carbocycles. The van der Waals surface area contributed by atoms with Gasteiger partial charge in [0.2, 0.25) is 0 Å². The molecule has 0 aliphatic heterocycles. The molecule has 0 spiro atoms. The summed E-state index contributed by atoms with van der Waals surface area (Å²) in [4.78, 5) is 12.7. The molecular weight excluding hydrogens is 190 g/mol. The molecule has 88 valence electrons. The van der Waals surface area contributed by atoms with Crippen LogP contribution in [0.2, 0.25) is 0 Å². The SMILES string of the molecule is C=C(CC)CN(CCCC(=O)O)C(C)C. The van der Waals surface area contributed by atoms with Crippen molar-refractivity contribution in [2.45, 2.75) is 46.1 Å². The summed E-state index contributed by atoms with van der Waals surface area (Å²) in [5, 5.41) is 8.56. The van der Waals surface area contributed by atoms with E-state index in [1.165, 1.54) is 5.57 Å². The van der Waals surface area contributed by atoms with E-state index in [9.17, 15) is 4.79 Å². The maximum atomic E-state index is 10.4. The molecule has 0 saturated carbocycles. The molecule has 0 rings (SSSR count). The molecule has 0 fully saturated rings. The van der Waals surface area contributed by atoms with Crippen LogP contribution in [0.15, 0.2) is 12.2 Å². The Labute approximate surface area is 92.8 Å². The lowest BCUT2D eigenvalue weighted by Gasteiger charge is -2.26. The van der Waals surface area contributed by atoms with Crippen LogP contribution in [0, 0.1) is 0 Å². The monoisotopic (exact) mass is 213 g/mol. The zero-order chi connectivity index (χ0) is 11.8. The van der Waals surface area contributed by atoms with Gasteiger partial charge in [-0.2, -0.15) is 0 Å². The molecule has 1 N–H and O–H groups in total. The summed E-state index contributed by atoms with van der Waals surface area (Å²) < 4.78 is 0. The lowest BCUT2D eigenvalue weighted by Crippen LogP contribution is -2.33. The number of nitrogens with zero attached hydrogens (tertiary/aromatic N) is 1. The van der Waals surface area contributed by atoms with Gasteiger partial charge in [-0.15, -0.1) is 0 Å². The predicted octanol–water partition coefficient (Wildman–Crippen LogP) is 2.53. The van der Waals surface area contributed by atoms with E-state index in [0.29, 0.717) is 12.5 Å². The quantitative estimate of drug-likeness (QED) is 0.630. The second kappa shape index (κ2) is 7.46. The van der Waals surface area contributed by atoms with Crippen LogP contribution in [-0.2, 0) is 4.79 Å². The van der Waals surface area contributed by atoms with Crippen LogP contribution in [0.3, 0.4) is 0 Å². The molecule has 15 heavy (non-hydrogen) atoms. The van der Waals surface area contributed by atoms with Crippen molar-refractivity contribution in [2.24, 2.45) is 0 Å². The van der Waals surface area contributed by atoms with E-state index in [0.717, 1.165) is 19.5 Å². The van der Waals surface area contributed by atoms with E-state index in [1.807, 2.05) is 0 Å². The predicted molar refractivity (Wildman–Crippen MR) is 63.0 cm³/mol. The Morgan fingerprint density at radius 2 is 2.07 bits per heavy atom. The second-order valence-electron chi connectivity index (χ2n) is 4.17. The Morgan fingerprint density at radius 3 is 2.47 bits per heavy atom. The van der Waals surface area contributed by atoms with E-state index >= 15 is 0 Å². The molecule has 0 amide bonds. The van der Waals surface area contributed by atoms with Crippen molar-refractivity contribution >= 4 is 5.97 Å². The third-order valence-corrected chi connectivity index (χ3v) is 2.49. The highest BCUT2D eigenvalue weighted by atomic mass is 16.4. The van der Waals surface area contributed by atoms with Crippen molar-refractivity contribution in [1.82, 2.24) is 4.90 Å². The van der Waals surface area contributed by atoms with Gasteiger partial charge >= 0.3 is 5.97 Å². The number of hydrogen-bond donors (Lipinski definition) is 1. The van der Waals surface area contributed by atoms with Crippen molar-refractivity contribution in [3.05, 3.63) is 12.2 Å². The van der Waals surface area contributed by atoms with Gasteiger partial charge in [0.05, 0.1) is 0 Å². The van der Waals surface area contributed by atoms with Crippen LogP contribution < -0.4 is 0 Å². The lowest BCUT2D eigenvalue weighted by molar-refractivity contribution is -0.137. The van der Waals surface area contributed by atoms with Crippen LogP contribution in [0.1, 0.15) is 40.0 Å². The third kappa shape index (κ3) is 7.14. The molecule has 0 aromatic carbocycles. The van der Waals surface area contributed by atoms with E-state index in [2.05, 4.69) is 32.3 Å². The number of carboxylic acid groups (broad SMARTS) is 1. The summed E-state index contributed by atoms with van der Waals surface area (Å²) in [5.41, 5.74) is 1.21. The van der Waals surface area contributed by atoms with Crippen molar-refractivity contribution in [1.29, 1.82) is 0 Å². The average molecular weight is 213 g/mol. The van der Waals surface area contributed by atoms with E-state index in [1.54, 1.807) is 0 Å². The third-order valence-electron chi connectivity index (χ3n) is 2.49. The van der Waals surface area contributed by atoms with Crippen molar-refractivity contribution in [3.63, 3.8) is 0 Å². The van der Waals surface area contributed by atoms with Gasteiger partial charge in [-0.25, -0.2) is 0 Å². The largest absolute Gasteiger partial charge is 0.481 e. The maximum Gasteiger partial charge on any atom is 0.303 e. The minimum atomic E-state index is -0.715. The van der Waals surface area contributed by atoms with Gasteiger partial charge in [-0.05, 0) is 33.2 Å². The smallest absolute Gasteiger partial charge is 0.303 e. The van der Waals surface area contributed by atoms with Gasteiger partial charge in [0.25, 0.3) is 0 Å². The minimum Gasteiger partial charge on any atom is -0.481 e. The topological polar surface area (TPSA) is 40.5 Å². The van der Waals surface area contributed by atoms with E-state index in [-0.39, 0.29) is 6.42 Å². The highest BCUT2D eigenvalue weighted by molar-refractivity contribution is 5.66. The Bertz CT molecular complexity index is 212. The summed E-state index contributed by atoms with van der Waals surface area (Å²) in [7, 11) is 0. The molecule has 0 aromatic rings. The Hall–Kier alpha value is -0.830. The summed E-state index contributed by atoms with van der Waals surface area (Å²) in [5.74, 6) is -0.715. The fourth-order valence-electron chi connectivity index (χ4n) is 1.35. The molecule has 0 aromatic heterocycles. The molecule has 3 heteroatoms. The van der Waals surface area contributed by atoms with Crippen LogP contribution >= 0.6 is 0 Å². The van der Waals surface area contributed by atoms with Gasteiger partial charge in [-0.3, -0.25) is 9.69 Å². The van der Waals surface area contributed by atoms with Gasteiger partial charge in [-0.1, -0.05) is 19.1 Å². The fourth-order valence-corrected chi connectivity index (χ4v) is 1.35. The summed E-state index contributed by atoms with van der Waals surface area (Å²) in [6.07, 6.45) is 1.95. The molecule has 0 aliphatic rings. The molecule has 0 radical (unpaired) electrons. The first-order valence-corrected chi connectivity index (χ1v) is 5.59. The first kappa shape index (κ1) is 14.2. The fraction of sp³-hybridized carbons (Fsp3) is 0.750. The first-order valence-electron chi connectivity index (χ1n) is 5.59. The zero-order valence-corrected chi connectivity index (χ0v) is 10.1. The number of carboxylic acids is 1. The van der Waals surface area contributed by atoms with Gasteiger partial charge < -0.3 is 5.11 Å². The minimum absolute atomic E-state index is 0.252. The maximum absolute atomic E-state index is 10.4. The van der Waals surface area contributed by atoms with Crippen LogP contribution in [-0.4, -0.2) is 35.1 Å². The first-order chi connectivity index (χ1) is 6.97. The number of carbonyl (C=O) groups is 1. The molecule has 0 heterocycles. The average Bonchev–Trinajstić information content (AvgIpc) is 2.15. The normalized spacial score (nSPS) is 11.0. The standard InChI is InChI=1S/C12H23NO2/c1-5-11(4)9-13(10(2)3)8-6-7-12(14)15/h10H,4-9H2,1-3H3,(H,14,15). The number of aliphatic carboxylic acids is 1. The highest BCUT2D eigenvalue weighted by Gasteiger charge is 2.10. The second-order valence-corrected chi connectivity index (χ2v) is 4.17. The van der Waals surface area contributed by atoms with Gasteiger partial charge in [0, 0.05) is 19.0 Å². The van der Waals surface area contributed by atoms with E-state index < -0.39 is 5.97 Å². The molecule has 0 saturated heterocycles. The van der Waals surface area contributed by atoms with Gasteiger partial charge in [0.15, 0.2) is 0 Å². The molecule has 3 nitrogen and oxygen atoms in total. The summed E-state index contributed by atoms with van der Waals surface area (Å²) in [6, 6.07) is 0.446. The summed E-state index contributed by atoms with van der Waals surface area (Å²) >= 11 is 0. The van der Waals surface area contributed by atoms with Crippen molar-refractivity contribution in [2.75, 3.05) is 13.1 Å². The van der Waals surface area contributed by atoms with Crippen LogP contribution in [0.25, 0.3) is 0 Å². The molecule has 0 bridgehead atoms. The van der Waals surface area contributed by atoms with E-state index in [4.69, 9.17) is 5.11 Å². The Morgan fingerprint density at radius 1 is 1.47 bits per heavy atom. The summed E-state index contributed by atoms with van der Waals surface area (Å²) in [6.45, 7) is 12.1. The molecule has 0 unspecified atom stereocenters.